The van der Waals surface area contributed by atoms with Gasteiger partial charge < -0.3 is 23.7 Å². The summed E-state index contributed by atoms with van der Waals surface area (Å²) < 4.78 is 28.2. The monoisotopic (exact) mass is 372 g/mol. The zero-order valence-corrected chi connectivity index (χ0v) is 15.8. The van der Waals surface area contributed by atoms with Crippen molar-refractivity contribution in [2.45, 2.75) is 32.0 Å². The van der Waals surface area contributed by atoms with Crippen molar-refractivity contribution >= 4 is 5.78 Å². The van der Waals surface area contributed by atoms with Crippen LogP contribution in [0.25, 0.3) is 0 Å². The minimum absolute atomic E-state index is 0.0850. The molecular weight excluding hydrogens is 348 g/mol. The molecule has 2 heterocycles. The third-order valence-electron chi connectivity index (χ3n) is 6.02. The second-order valence-electron chi connectivity index (χ2n) is 7.24. The maximum absolute atomic E-state index is 12.7. The number of ketones is 1. The highest BCUT2D eigenvalue weighted by Crippen LogP contribution is 2.60. The first-order valence-electron chi connectivity index (χ1n) is 9.08. The summed E-state index contributed by atoms with van der Waals surface area (Å²) in [5.74, 6) is 2.22. The minimum Gasteiger partial charge on any atom is -0.490 e. The van der Waals surface area contributed by atoms with E-state index in [4.69, 9.17) is 23.7 Å². The second-order valence-corrected chi connectivity index (χ2v) is 7.24. The molecule has 3 aliphatic rings. The molecule has 0 bridgehead atoms. The van der Waals surface area contributed by atoms with Crippen LogP contribution in [0.2, 0.25) is 0 Å². The van der Waals surface area contributed by atoms with Crippen LogP contribution in [-0.4, -0.2) is 32.9 Å². The van der Waals surface area contributed by atoms with Crippen LogP contribution in [0.5, 0.6) is 11.5 Å². The Balaban J connectivity index is 1.80. The molecule has 1 aromatic rings. The number of hydrogen-bond acceptors (Lipinski definition) is 6. The molecule has 1 aromatic carbocycles. The highest BCUT2D eigenvalue weighted by molar-refractivity contribution is 5.99. The van der Waals surface area contributed by atoms with E-state index in [0.717, 1.165) is 11.3 Å². The minimum atomic E-state index is -0.551. The van der Waals surface area contributed by atoms with E-state index >= 15 is 0 Å². The Bertz CT molecular complexity index is 813. The lowest BCUT2D eigenvalue weighted by Crippen LogP contribution is -2.42. The molecule has 1 fully saturated rings. The van der Waals surface area contributed by atoms with Gasteiger partial charge in [-0.15, -0.1) is 6.58 Å². The number of carbonyl (C=O) groups excluding carboxylic acids is 1. The number of carbonyl (C=O) groups is 1. The van der Waals surface area contributed by atoms with Crippen molar-refractivity contribution in [1.82, 2.24) is 0 Å². The molecular formula is C21H24O6. The van der Waals surface area contributed by atoms with Crippen molar-refractivity contribution in [3.05, 3.63) is 47.9 Å². The quantitative estimate of drug-likeness (QED) is 0.737. The molecule has 1 saturated heterocycles. The summed E-state index contributed by atoms with van der Waals surface area (Å²) in [7, 11) is 3.05. The number of ether oxygens (including phenoxy) is 5. The number of allylic oxidation sites excluding steroid dienone is 2. The first-order chi connectivity index (χ1) is 13.1. The van der Waals surface area contributed by atoms with Crippen molar-refractivity contribution in [2.75, 3.05) is 21.0 Å². The first-order valence-corrected chi connectivity index (χ1v) is 9.08. The van der Waals surface area contributed by atoms with Crippen LogP contribution in [0.4, 0.5) is 0 Å². The Kier molecular flexibility index (Phi) is 4.38. The average Bonchev–Trinajstić information content (AvgIpc) is 3.25. The number of rotatable bonds is 5. The summed E-state index contributed by atoms with van der Waals surface area (Å²) in [6, 6.07) is 5.83. The van der Waals surface area contributed by atoms with Gasteiger partial charge in [0.1, 0.15) is 18.0 Å². The smallest absolute Gasteiger partial charge is 0.231 e. The first kappa shape index (κ1) is 17.9. The van der Waals surface area contributed by atoms with Gasteiger partial charge in [0.2, 0.25) is 18.3 Å². The van der Waals surface area contributed by atoms with Crippen molar-refractivity contribution < 1.29 is 28.5 Å². The van der Waals surface area contributed by atoms with E-state index < -0.39 is 11.5 Å². The van der Waals surface area contributed by atoms with Crippen LogP contribution in [0.1, 0.15) is 31.4 Å². The van der Waals surface area contributed by atoms with E-state index in [2.05, 4.69) is 13.5 Å². The van der Waals surface area contributed by atoms with Gasteiger partial charge in [-0.05, 0) is 30.5 Å². The zero-order valence-electron chi connectivity index (χ0n) is 15.8. The van der Waals surface area contributed by atoms with E-state index in [1.54, 1.807) is 7.11 Å². The zero-order chi connectivity index (χ0) is 19.2. The van der Waals surface area contributed by atoms with Gasteiger partial charge in [-0.1, -0.05) is 19.1 Å². The Morgan fingerprint density at radius 1 is 1.30 bits per heavy atom. The van der Waals surface area contributed by atoms with Gasteiger partial charge in [0.15, 0.2) is 11.5 Å². The summed E-state index contributed by atoms with van der Waals surface area (Å²) in [6.07, 6.45) is 2.30. The Hall–Kier alpha value is -2.47. The van der Waals surface area contributed by atoms with E-state index in [9.17, 15) is 4.79 Å². The van der Waals surface area contributed by atoms with Gasteiger partial charge in [-0.3, -0.25) is 4.79 Å². The second kappa shape index (κ2) is 6.60. The molecule has 2 aliphatic heterocycles. The molecule has 4 atom stereocenters. The molecule has 0 aromatic heterocycles. The molecule has 27 heavy (non-hydrogen) atoms. The molecule has 0 saturated carbocycles. The summed E-state index contributed by atoms with van der Waals surface area (Å²) >= 11 is 0. The Morgan fingerprint density at radius 3 is 2.78 bits per heavy atom. The lowest BCUT2D eigenvalue weighted by molar-refractivity contribution is -0.132. The fourth-order valence-electron chi connectivity index (χ4n) is 4.53. The summed E-state index contributed by atoms with van der Waals surface area (Å²) in [6.45, 7) is 6.29. The van der Waals surface area contributed by atoms with Crippen LogP contribution in [-0.2, 0) is 19.0 Å². The number of fused-ring (bicyclic) bond motifs is 2. The number of methoxy groups -OCH3 is 2. The molecule has 0 unspecified atom stereocenters. The lowest BCUT2D eigenvalue weighted by Gasteiger charge is -2.38. The summed E-state index contributed by atoms with van der Waals surface area (Å²) in [5.41, 5.74) is 0.580. The number of benzene rings is 1. The van der Waals surface area contributed by atoms with Crippen LogP contribution in [0, 0.1) is 11.3 Å². The predicted octanol–water partition coefficient (Wildman–Crippen LogP) is 3.53. The van der Waals surface area contributed by atoms with Crippen LogP contribution in [0.3, 0.4) is 0 Å². The van der Waals surface area contributed by atoms with Crippen LogP contribution < -0.4 is 9.47 Å². The Morgan fingerprint density at radius 2 is 2.07 bits per heavy atom. The molecule has 6 nitrogen and oxygen atoms in total. The molecule has 0 radical (unpaired) electrons. The average molecular weight is 372 g/mol. The lowest BCUT2D eigenvalue weighted by atomic mass is 9.65. The van der Waals surface area contributed by atoms with E-state index in [0.29, 0.717) is 24.4 Å². The Labute approximate surface area is 158 Å². The number of hydrogen-bond donors (Lipinski definition) is 0. The molecule has 144 valence electrons. The fourth-order valence-corrected chi connectivity index (χ4v) is 4.53. The van der Waals surface area contributed by atoms with Crippen LogP contribution in [0.15, 0.2) is 42.4 Å². The largest absolute Gasteiger partial charge is 0.490 e. The predicted molar refractivity (Wildman–Crippen MR) is 97.3 cm³/mol. The summed E-state index contributed by atoms with van der Waals surface area (Å²) in [4.78, 5) is 12.7. The molecule has 4 rings (SSSR count). The van der Waals surface area contributed by atoms with Crippen molar-refractivity contribution in [3.8, 4) is 11.5 Å². The highest BCUT2D eigenvalue weighted by atomic mass is 16.7. The summed E-state index contributed by atoms with van der Waals surface area (Å²) in [5, 5.41) is 0. The SMILES string of the molecule is C=CC[C@@]12C[C@H](OC)C(=O)C(OC)=C1O[C@H](c1ccc3c(c1)OCO3)[C@@H]2C. The van der Waals surface area contributed by atoms with E-state index in [1.807, 2.05) is 24.3 Å². The van der Waals surface area contributed by atoms with Gasteiger partial charge in [0, 0.05) is 18.4 Å². The van der Waals surface area contributed by atoms with Crippen molar-refractivity contribution in [1.29, 1.82) is 0 Å². The highest BCUT2D eigenvalue weighted by Gasteiger charge is 2.58. The molecule has 6 heteroatoms. The van der Waals surface area contributed by atoms with Gasteiger partial charge >= 0.3 is 0 Å². The van der Waals surface area contributed by atoms with Crippen molar-refractivity contribution in [3.63, 3.8) is 0 Å². The maximum Gasteiger partial charge on any atom is 0.231 e. The third kappa shape index (κ3) is 2.54. The number of Topliss-reactive ketones (excluding diaryl/α,β-unsaturated/α-hetero) is 1. The van der Waals surface area contributed by atoms with Crippen molar-refractivity contribution in [2.24, 2.45) is 11.3 Å². The van der Waals surface area contributed by atoms with Gasteiger partial charge in [-0.2, -0.15) is 0 Å². The van der Waals surface area contributed by atoms with Gasteiger partial charge in [0.05, 0.1) is 7.11 Å². The molecule has 0 N–H and O–H groups in total. The van der Waals surface area contributed by atoms with Gasteiger partial charge in [0.25, 0.3) is 0 Å². The fraction of sp³-hybridized carbons (Fsp3) is 0.476. The van der Waals surface area contributed by atoms with E-state index in [-0.39, 0.29) is 30.4 Å². The van der Waals surface area contributed by atoms with Crippen LogP contribution >= 0.6 is 0 Å². The van der Waals surface area contributed by atoms with E-state index in [1.165, 1.54) is 7.11 Å². The topological polar surface area (TPSA) is 63.2 Å². The molecule has 0 spiro atoms. The third-order valence-corrected chi connectivity index (χ3v) is 6.02. The maximum atomic E-state index is 12.7. The molecule has 0 amide bonds. The van der Waals surface area contributed by atoms with Gasteiger partial charge in [-0.25, -0.2) is 0 Å². The normalized spacial score (nSPS) is 31.5. The standard InChI is InChI=1S/C21H24O6/c1-5-8-21-10-16(23-3)17(22)19(24-4)20(21)27-18(12(21)2)13-6-7-14-15(9-13)26-11-25-14/h5-7,9,12,16,18H,1,8,10-11H2,2-4H3/t12-,16-,18-,21-/m0/s1. The molecule has 1 aliphatic carbocycles.